The zero-order valence-electron chi connectivity index (χ0n) is 13.5. The van der Waals surface area contributed by atoms with Crippen LogP contribution in [0.3, 0.4) is 0 Å². The Kier molecular flexibility index (Phi) is 7.09. The van der Waals surface area contributed by atoms with E-state index in [1.54, 1.807) is 0 Å². The Labute approximate surface area is 143 Å². The standard InChI is InChI=1S/C14H26O11/c15-1-7-6(13(21)14(22,5-17)25-7)3-23-4-9-11(19)12(20)10(18)8(2-16)24-9/h6-13,15-22H,1-5H2/t6-,7?,8?,9+,10+,11-,12?,13?,14+/m1/s1. The van der Waals surface area contributed by atoms with Crippen LogP contribution in [-0.4, -0.2) is 122 Å². The van der Waals surface area contributed by atoms with Gasteiger partial charge >= 0.3 is 0 Å². The predicted molar refractivity (Wildman–Crippen MR) is 78.1 cm³/mol. The molecule has 11 heteroatoms. The lowest BCUT2D eigenvalue weighted by Gasteiger charge is -2.40. The van der Waals surface area contributed by atoms with E-state index in [1.807, 2.05) is 0 Å². The number of ether oxygens (including phenoxy) is 3. The van der Waals surface area contributed by atoms with Crippen molar-refractivity contribution in [2.24, 2.45) is 5.92 Å². The van der Waals surface area contributed by atoms with E-state index in [4.69, 9.17) is 24.4 Å². The minimum Gasteiger partial charge on any atom is -0.394 e. The van der Waals surface area contributed by atoms with E-state index < -0.39 is 74.3 Å². The minimum atomic E-state index is -2.20. The molecule has 8 N–H and O–H groups in total. The van der Waals surface area contributed by atoms with Gasteiger partial charge in [0, 0.05) is 5.92 Å². The van der Waals surface area contributed by atoms with E-state index in [-0.39, 0.29) is 13.2 Å². The van der Waals surface area contributed by atoms with Gasteiger partial charge in [0.05, 0.1) is 39.1 Å². The highest BCUT2D eigenvalue weighted by Crippen LogP contribution is 2.34. The average molecular weight is 370 g/mol. The topological polar surface area (TPSA) is 190 Å². The maximum atomic E-state index is 10.0. The van der Waals surface area contributed by atoms with Crippen LogP contribution in [-0.2, 0) is 14.2 Å². The normalized spacial score (nSPS) is 48.0. The van der Waals surface area contributed by atoms with Gasteiger partial charge in [0.25, 0.3) is 0 Å². The molecule has 2 aliphatic rings. The van der Waals surface area contributed by atoms with Crippen LogP contribution in [0.4, 0.5) is 0 Å². The van der Waals surface area contributed by atoms with Gasteiger partial charge in [-0.1, -0.05) is 0 Å². The summed E-state index contributed by atoms with van der Waals surface area (Å²) in [6.45, 7) is -2.40. The summed E-state index contributed by atoms with van der Waals surface area (Å²) in [5, 5.41) is 76.8. The van der Waals surface area contributed by atoms with Crippen LogP contribution in [0.25, 0.3) is 0 Å². The van der Waals surface area contributed by atoms with Gasteiger partial charge in [0.2, 0.25) is 5.79 Å². The van der Waals surface area contributed by atoms with Crippen molar-refractivity contribution in [1.82, 2.24) is 0 Å². The Balaban J connectivity index is 1.91. The van der Waals surface area contributed by atoms with Crippen LogP contribution in [0, 0.1) is 5.92 Å². The average Bonchev–Trinajstić information content (AvgIpc) is 2.86. The monoisotopic (exact) mass is 370 g/mol. The van der Waals surface area contributed by atoms with E-state index in [0.717, 1.165) is 0 Å². The van der Waals surface area contributed by atoms with Crippen LogP contribution in [0.1, 0.15) is 0 Å². The molecule has 0 radical (unpaired) electrons. The third-order valence-electron chi connectivity index (χ3n) is 4.69. The molecule has 2 aliphatic heterocycles. The maximum Gasteiger partial charge on any atom is 0.216 e. The van der Waals surface area contributed by atoms with Gasteiger partial charge in [-0.2, -0.15) is 0 Å². The zero-order chi connectivity index (χ0) is 18.8. The highest BCUT2D eigenvalue weighted by molar-refractivity contribution is 4.95. The fourth-order valence-electron chi connectivity index (χ4n) is 3.10. The van der Waals surface area contributed by atoms with Gasteiger partial charge in [-0.3, -0.25) is 0 Å². The second-order valence-electron chi connectivity index (χ2n) is 6.36. The Bertz CT molecular complexity index is 422. The lowest BCUT2D eigenvalue weighted by Crippen LogP contribution is -2.59. The van der Waals surface area contributed by atoms with E-state index in [0.29, 0.717) is 0 Å². The Morgan fingerprint density at radius 1 is 0.800 bits per heavy atom. The molecule has 11 nitrogen and oxygen atoms in total. The van der Waals surface area contributed by atoms with Crippen molar-refractivity contribution in [3.63, 3.8) is 0 Å². The summed E-state index contributed by atoms with van der Waals surface area (Å²) < 4.78 is 15.7. The summed E-state index contributed by atoms with van der Waals surface area (Å²) in [6, 6.07) is 0. The van der Waals surface area contributed by atoms with E-state index in [9.17, 15) is 30.6 Å². The molecule has 0 spiro atoms. The van der Waals surface area contributed by atoms with Crippen LogP contribution in [0.15, 0.2) is 0 Å². The van der Waals surface area contributed by atoms with Gasteiger partial charge in [-0.25, -0.2) is 0 Å². The fourth-order valence-corrected chi connectivity index (χ4v) is 3.10. The molecule has 0 aromatic rings. The first-order valence-electron chi connectivity index (χ1n) is 7.97. The van der Waals surface area contributed by atoms with Crippen molar-refractivity contribution in [3.8, 4) is 0 Å². The van der Waals surface area contributed by atoms with Crippen LogP contribution in [0.5, 0.6) is 0 Å². The number of hydrogen-bond acceptors (Lipinski definition) is 11. The fraction of sp³-hybridized carbons (Fsp3) is 1.00. The first kappa shape index (κ1) is 20.9. The Morgan fingerprint density at radius 2 is 1.40 bits per heavy atom. The molecule has 2 rings (SSSR count). The molecule has 2 saturated heterocycles. The van der Waals surface area contributed by atoms with Crippen molar-refractivity contribution in [2.75, 3.05) is 33.0 Å². The number of aliphatic hydroxyl groups is 8. The molecule has 0 saturated carbocycles. The molecule has 0 aromatic heterocycles. The molecule has 2 fully saturated rings. The Morgan fingerprint density at radius 3 is 1.96 bits per heavy atom. The maximum absolute atomic E-state index is 10.0. The van der Waals surface area contributed by atoms with Crippen LogP contribution >= 0.6 is 0 Å². The largest absolute Gasteiger partial charge is 0.394 e. The van der Waals surface area contributed by atoms with Gasteiger partial charge < -0.3 is 55.1 Å². The van der Waals surface area contributed by atoms with Crippen molar-refractivity contribution < 1.29 is 55.1 Å². The highest BCUT2D eigenvalue weighted by Gasteiger charge is 2.53. The van der Waals surface area contributed by atoms with Gasteiger partial charge in [0.15, 0.2) is 0 Å². The van der Waals surface area contributed by atoms with Crippen LogP contribution < -0.4 is 0 Å². The highest BCUT2D eigenvalue weighted by atomic mass is 16.7. The molecular weight excluding hydrogens is 344 g/mol. The number of aliphatic hydroxyl groups excluding tert-OH is 7. The van der Waals surface area contributed by atoms with Crippen molar-refractivity contribution in [1.29, 1.82) is 0 Å². The zero-order valence-corrected chi connectivity index (χ0v) is 13.5. The van der Waals surface area contributed by atoms with Gasteiger partial charge in [-0.05, 0) is 0 Å². The molecule has 2 heterocycles. The quantitative estimate of drug-likeness (QED) is 0.214. The predicted octanol–water partition coefficient (Wildman–Crippen LogP) is -5.11. The SMILES string of the molecule is OCC1O[C@@H](COC[C@@H]2C(CO)O[C@@](O)(CO)C2O)[C@@H](O)C(O)[C@H]1O. The van der Waals surface area contributed by atoms with Crippen molar-refractivity contribution >= 4 is 0 Å². The van der Waals surface area contributed by atoms with E-state index in [1.165, 1.54) is 0 Å². The molecule has 9 atom stereocenters. The third-order valence-corrected chi connectivity index (χ3v) is 4.69. The van der Waals surface area contributed by atoms with E-state index >= 15 is 0 Å². The molecule has 0 aromatic carbocycles. The van der Waals surface area contributed by atoms with Gasteiger partial charge in [-0.15, -0.1) is 0 Å². The Hall–Kier alpha value is -0.440. The summed E-state index contributed by atoms with van der Waals surface area (Å²) in [4.78, 5) is 0. The number of hydrogen-bond donors (Lipinski definition) is 8. The molecule has 0 amide bonds. The summed E-state index contributed by atoms with van der Waals surface area (Å²) in [6.07, 6.45) is -9.03. The van der Waals surface area contributed by atoms with Crippen molar-refractivity contribution in [3.05, 3.63) is 0 Å². The molecule has 4 unspecified atom stereocenters. The smallest absolute Gasteiger partial charge is 0.216 e. The first-order valence-corrected chi connectivity index (χ1v) is 7.97. The second kappa shape index (κ2) is 8.50. The van der Waals surface area contributed by atoms with Gasteiger partial charge in [0.1, 0.15) is 36.6 Å². The molecule has 0 aliphatic carbocycles. The minimum absolute atomic E-state index is 0.205. The van der Waals surface area contributed by atoms with E-state index in [2.05, 4.69) is 0 Å². The molecule has 25 heavy (non-hydrogen) atoms. The summed E-state index contributed by atoms with van der Waals surface area (Å²) >= 11 is 0. The summed E-state index contributed by atoms with van der Waals surface area (Å²) in [7, 11) is 0. The number of rotatable bonds is 7. The lowest BCUT2D eigenvalue weighted by atomic mass is 9.95. The third kappa shape index (κ3) is 4.12. The summed E-state index contributed by atoms with van der Waals surface area (Å²) in [5.41, 5.74) is 0. The molecular formula is C14H26O11. The lowest BCUT2D eigenvalue weighted by molar-refractivity contribution is -0.248. The first-order chi connectivity index (χ1) is 11.8. The second-order valence-corrected chi connectivity index (χ2v) is 6.36. The summed E-state index contributed by atoms with van der Waals surface area (Å²) in [5.74, 6) is -3.06. The van der Waals surface area contributed by atoms with Crippen molar-refractivity contribution in [2.45, 2.75) is 48.5 Å². The molecule has 148 valence electrons. The van der Waals surface area contributed by atoms with Crippen LogP contribution in [0.2, 0.25) is 0 Å². The molecule has 0 bridgehead atoms.